The van der Waals surface area contributed by atoms with Gasteiger partial charge in [-0.25, -0.2) is 0 Å². The molecule has 0 radical (unpaired) electrons. The van der Waals surface area contributed by atoms with Crippen molar-refractivity contribution >= 4 is 11.8 Å². The molecule has 0 saturated carbocycles. The highest BCUT2D eigenvalue weighted by Gasteiger charge is 2.66. The van der Waals surface area contributed by atoms with Crippen molar-refractivity contribution in [1.29, 1.82) is 0 Å². The molecule has 2 heterocycles. The van der Waals surface area contributed by atoms with E-state index >= 15 is 0 Å². The molecule has 8 nitrogen and oxygen atoms in total. The molecule has 0 spiro atoms. The van der Waals surface area contributed by atoms with Crippen molar-refractivity contribution in [2.24, 2.45) is 0 Å². The van der Waals surface area contributed by atoms with Crippen molar-refractivity contribution in [3.8, 4) is 0 Å². The number of amides is 2. The summed E-state index contributed by atoms with van der Waals surface area (Å²) >= 11 is 0. The summed E-state index contributed by atoms with van der Waals surface area (Å²) in [6.07, 6.45) is -2.03. The lowest BCUT2D eigenvalue weighted by Crippen LogP contribution is -2.56. The molecule has 3 aromatic rings. The number of carbonyl (C=O) groups excluding carboxylic acids is 2. The van der Waals surface area contributed by atoms with Crippen molar-refractivity contribution in [1.82, 2.24) is 10.6 Å². The van der Waals surface area contributed by atoms with Crippen LogP contribution in [0.5, 0.6) is 0 Å². The van der Waals surface area contributed by atoms with Crippen LogP contribution in [0.1, 0.15) is 40.1 Å². The lowest BCUT2D eigenvalue weighted by molar-refractivity contribution is -0.260. The SMILES string of the molecule is CC1(C)O[C@@H]2C(CNC(=O)c3ccccc3)O[C@@H](OCc3ccccc3)[C@]2(CNC(=O)c2ccccc2)O1. The van der Waals surface area contributed by atoms with Gasteiger partial charge in [-0.3, -0.25) is 9.59 Å². The minimum Gasteiger partial charge on any atom is -0.349 e. The summed E-state index contributed by atoms with van der Waals surface area (Å²) in [5, 5.41) is 5.93. The van der Waals surface area contributed by atoms with Gasteiger partial charge in [0.25, 0.3) is 11.8 Å². The molecule has 198 valence electrons. The third-order valence-corrected chi connectivity index (χ3v) is 6.67. The second kappa shape index (κ2) is 11.0. The van der Waals surface area contributed by atoms with Crippen LogP contribution in [0.15, 0.2) is 91.0 Å². The molecule has 2 amide bonds. The highest BCUT2D eigenvalue weighted by atomic mass is 16.8. The van der Waals surface area contributed by atoms with Crippen LogP contribution in [0.3, 0.4) is 0 Å². The fourth-order valence-electron chi connectivity index (χ4n) is 4.96. The summed E-state index contributed by atoms with van der Waals surface area (Å²) in [6.45, 7) is 4.19. The van der Waals surface area contributed by atoms with Gasteiger partial charge in [0.1, 0.15) is 12.2 Å². The van der Waals surface area contributed by atoms with Gasteiger partial charge in [-0.15, -0.1) is 0 Å². The Labute approximate surface area is 222 Å². The molecule has 1 unspecified atom stereocenters. The number of nitrogens with one attached hydrogen (secondary N) is 2. The number of fused-ring (bicyclic) bond motifs is 1. The molecule has 0 aromatic heterocycles. The molecule has 0 bridgehead atoms. The lowest BCUT2D eigenvalue weighted by atomic mass is 9.94. The molecule has 2 saturated heterocycles. The van der Waals surface area contributed by atoms with Gasteiger partial charge in [0.05, 0.1) is 13.2 Å². The standard InChI is InChI=1S/C30H32N2O6/c1-29(2)37-25-24(18-31-26(33)22-14-8-4-9-15-22)36-28(35-19-21-12-6-3-7-13-21)30(25,38-29)20-32-27(34)23-16-10-5-11-17-23/h3-17,24-25,28H,18-20H2,1-2H3,(H,31,33)(H,32,34)/t24?,25-,28-,30-/m1/s1. The molecule has 3 aromatic carbocycles. The van der Waals surface area contributed by atoms with E-state index in [0.717, 1.165) is 5.56 Å². The zero-order valence-electron chi connectivity index (χ0n) is 21.5. The van der Waals surface area contributed by atoms with Crippen LogP contribution >= 0.6 is 0 Å². The summed E-state index contributed by atoms with van der Waals surface area (Å²) in [5.74, 6) is -1.42. The van der Waals surface area contributed by atoms with Crippen LogP contribution in [0.25, 0.3) is 0 Å². The van der Waals surface area contributed by atoms with E-state index in [9.17, 15) is 9.59 Å². The Bertz CT molecular complexity index is 1240. The Morgan fingerprint density at radius 2 is 1.37 bits per heavy atom. The highest BCUT2D eigenvalue weighted by molar-refractivity contribution is 5.94. The summed E-state index contributed by atoms with van der Waals surface area (Å²) < 4.78 is 25.4. The predicted molar refractivity (Wildman–Crippen MR) is 140 cm³/mol. The van der Waals surface area contributed by atoms with E-state index in [-0.39, 0.29) is 31.5 Å². The number of hydrogen-bond acceptors (Lipinski definition) is 6. The van der Waals surface area contributed by atoms with Gasteiger partial charge >= 0.3 is 0 Å². The van der Waals surface area contributed by atoms with E-state index < -0.39 is 29.9 Å². The van der Waals surface area contributed by atoms with Gasteiger partial charge in [-0.1, -0.05) is 66.7 Å². The molecule has 0 aliphatic carbocycles. The van der Waals surface area contributed by atoms with E-state index in [1.165, 1.54) is 0 Å². The van der Waals surface area contributed by atoms with Crippen molar-refractivity contribution in [2.75, 3.05) is 13.1 Å². The fraction of sp³-hybridized carbons (Fsp3) is 0.333. The summed E-state index contributed by atoms with van der Waals surface area (Å²) in [4.78, 5) is 25.7. The minimum atomic E-state index is -1.13. The van der Waals surface area contributed by atoms with E-state index in [2.05, 4.69) is 10.6 Å². The third-order valence-electron chi connectivity index (χ3n) is 6.67. The summed E-state index contributed by atoms with van der Waals surface area (Å²) in [5.41, 5.74) is 0.916. The highest BCUT2D eigenvalue weighted by Crippen LogP contribution is 2.47. The molecule has 2 aliphatic rings. The molecule has 2 aliphatic heterocycles. The molecule has 2 N–H and O–H groups in total. The van der Waals surface area contributed by atoms with Gasteiger partial charge in [-0.2, -0.15) is 0 Å². The molecule has 38 heavy (non-hydrogen) atoms. The number of ether oxygens (including phenoxy) is 4. The number of rotatable bonds is 9. The van der Waals surface area contributed by atoms with Gasteiger partial charge in [-0.05, 0) is 43.7 Å². The molecule has 2 fully saturated rings. The second-order valence-electron chi connectivity index (χ2n) is 9.92. The van der Waals surface area contributed by atoms with Crippen LogP contribution < -0.4 is 10.6 Å². The van der Waals surface area contributed by atoms with Crippen molar-refractivity contribution in [2.45, 2.75) is 50.3 Å². The number of benzene rings is 3. The normalized spacial score (nSPS) is 25.5. The van der Waals surface area contributed by atoms with Gasteiger partial charge in [0.2, 0.25) is 0 Å². The summed E-state index contributed by atoms with van der Waals surface area (Å²) in [6, 6.07) is 27.7. The third kappa shape index (κ3) is 5.63. The second-order valence-corrected chi connectivity index (χ2v) is 9.92. The van der Waals surface area contributed by atoms with E-state index in [1.54, 1.807) is 24.3 Å². The Balaban J connectivity index is 1.37. The Kier molecular flexibility index (Phi) is 7.58. The summed E-state index contributed by atoms with van der Waals surface area (Å²) in [7, 11) is 0. The maximum Gasteiger partial charge on any atom is 0.251 e. The monoisotopic (exact) mass is 516 g/mol. The van der Waals surface area contributed by atoms with Crippen molar-refractivity contribution in [3.05, 3.63) is 108 Å². The molecule has 4 atom stereocenters. The van der Waals surface area contributed by atoms with Crippen LogP contribution in [-0.4, -0.2) is 54.8 Å². The average Bonchev–Trinajstić information content (AvgIpc) is 3.38. The van der Waals surface area contributed by atoms with Crippen LogP contribution in [-0.2, 0) is 25.6 Å². The first kappa shape index (κ1) is 26.1. The maximum atomic E-state index is 12.9. The van der Waals surface area contributed by atoms with Gasteiger partial charge in [0, 0.05) is 17.7 Å². The Morgan fingerprint density at radius 1 is 0.816 bits per heavy atom. The largest absolute Gasteiger partial charge is 0.349 e. The molecule has 5 rings (SSSR count). The smallest absolute Gasteiger partial charge is 0.251 e. The van der Waals surface area contributed by atoms with Crippen molar-refractivity contribution < 1.29 is 28.5 Å². The molecular formula is C30H32N2O6. The minimum absolute atomic E-state index is 0.0947. The van der Waals surface area contributed by atoms with Crippen LogP contribution in [0, 0.1) is 0 Å². The zero-order chi connectivity index (χ0) is 26.6. The Hall–Kier alpha value is -3.56. The first-order valence-electron chi connectivity index (χ1n) is 12.7. The lowest BCUT2D eigenvalue weighted by Gasteiger charge is -2.33. The molecule has 8 heteroatoms. The van der Waals surface area contributed by atoms with E-state index in [0.29, 0.717) is 11.1 Å². The molecular weight excluding hydrogens is 484 g/mol. The van der Waals surface area contributed by atoms with Gasteiger partial charge in [0.15, 0.2) is 17.7 Å². The average molecular weight is 517 g/mol. The predicted octanol–water partition coefficient (Wildman–Crippen LogP) is 3.68. The number of carbonyl (C=O) groups is 2. The Morgan fingerprint density at radius 3 is 1.97 bits per heavy atom. The van der Waals surface area contributed by atoms with Crippen molar-refractivity contribution in [3.63, 3.8) is 0 Å². The first-order chi connectivity index (χ1) is 18.4. The quantitative estimate of drug-likeness (QED) is 0.451. The first-order valence-corrected chi connectivity index (χ1v) is 12.7. The zero-order valence-corrected chi connectivity index (χ0v) is 21.5. The van der Waals surface area contributed by atoms with E-state index in [1.807, 2.05) is 80.6 Å². The number of hydrogen-bond donors (Lipinski definition) is 2. The maximum absolute atomic E-state index is 12.9. The fourth-order valence-corrected chi connectivity index (χ4v) is 4.96. The van der Waals surface area contributed by atoms with Crippen LogP contribution in [0.2, 0.25) is 0 Å². The topological polar surface area (TPSA) is 95.1 Å². The van der Waals surface area contributed by atoms with Crippen LogP contribution in [0.4, 0.5) is 0 Å². The van der Waals surface area contributed by atoms with Gasteiger partial charge < -0.3 is 29.6 Å². The van der Waals surface area contributed by atoms with E-state index in [4.69, 9.17) is 18.9 Å².